The fraction of sp³-hybridized carbons (Fsp3) is 0.583. The molecule has 6 nitrogen and oxygen atoms in total. The quantitative estimate of drug-likeness (QED) is 0.825. The molecule has 0 bridgehead atoms. The topological polar surface area (TPSA) is 58.6 Å². The molecule has 2 rings (SSSR count). The molecule has 1 amide bonds. The van der Waals surface area contributed by atoms with Crippen LogP contribution in [-0.2, 0) is 16.1 Å². The van der Waals surface area contributed by atoms with E-state index in [0.717, 1.165) is 4.90 Å². The molecule has 0 N–H and O–H groups in total. The van der Waals surface area contributed by atoms with Gasteiger partial charge < -0.3 is 14.5 Å². The normalized spacial score (nSPS) is 16.5. The van der Waals surface area contributed by atoms with Gasteiger partial charge in [0.15, 0.2) is 5.82 Å². The number of rotatable bonds is 4. The standard InChI is InChI=1S/C12H15F3N4O2/c1-21-7-9-16-3-2-10(17-9)18-4-5-19(11(20)6-18)8-12(13,14)15/h2-3H,4-8H2,1H3. The summed E-state index contributed by atoms with van der Waals surface area (Å²) in [6, 6.07) is 1.62. The predicted molar refractivity (Wildman–Crippen MR) is 67.6 cm³/mol. The molecular formula is C12H15F3N4O2. The molecule has 2 heterocycles. The van der Waals surface area contributed by atoms with E-state index in [1.54, 1.807) is 11.0 Å². The van der Waals surface area contributed by atoms with Gasteiger partial charge in [0, 0.05) is 26.4 Å². The van der Waals surface area contributed by atoms with Crippen molar-refractivity contribution in [3.63, 3.8) is 0 Å². The number of halogens is 3. The first kappa shape index (κ1) is 15.5. The number of anilines is 1. The van der Waals surface area contributed by atoms with E-state index in [9.17, 15) is 18.0 Å². The van der Waals surface area contributed by atoms with E-state index >= 15 is 0 Å². The third-order valence-corrected chi connectivity index (χ3v) is 2.98. The summed E-state index contributed by atoms with van der Waals surface area (Å²) >= 11 is 0. The Balaban J connectivity index is 2.02. The summed E-state index contributed by atoms with van der Waals surface area (Å²) < 4.78 is 41.9. The number of amides is 1. The number of ether oxygens (including phenoxy) is 1. The van der Waals surface area contributed by atoms with Crippen LogP contribution in [0.3, 0.4) is 0 Å². The van der Waals surface area contributed by atoms with Crippen LogP contribution >= 0.6 is 0 Å². The van der Waals surface area contributed by atoms with Crippen molar-refractivity contribution in [2.24, 2.45) is 0 Å². The van der Waals surface area contributed by atoms with Gasteiger partial charge in [-0.1, -0.05) is 0 Å². The van der Waals surface area contributed by atoms with Crippen LogP contribution in [0.25, 0.3) is 0 Å². The highest BCUT2D eigenvalue weighted by molar-refractivity contribution is 5.82. The van der Waals surface area contributed by atoms with E-state index in [1.165, 1.54) is 13.3 Å². The number of carbonyl (C=O) groups is 1. The van der Waals surface area contributed by atoms with Crippen LogP contribution in [-0.4, -0.2) is 60.2 Å². The van der Waals surface area contributed by atoms with Crippen molar-refractivity contribution >= 4 is 11.7 Å². The van der Waals surface area contributed by atoms with Gasteiger partial charge in [0.2, 0.25) is 5.91 Å². The average molecular weight is 304 g/mol. The minimum absolute atomic E-state index is 0.0158. The molecule has 1 aromatic rings. The van der Waals surface area contributed by atoms with Gasteiger partial charge in [-0.15, -0.1) is 0 Å². The van der Waals surface area contributed by atoms with Crippen molar-refractivity contribution in [2.45, 2.75) is 12.8 Å². The van der Waals surface area contributed by atoms with Crippen molar-refractivity contribution < 1.29 is 22.7 Å². The van der Waals surface area contributed by atoms with Gasteiger partial charge in [-0.3, -0.25) is 4.79 Å². The monoisotopic (exact) mass is 304 g/mol. The third kappa shape index (κ3) is 4.28. The molecule has 1 fully saturated rings. The van der Waals surface area contributed by atoms with E-state index in [1.807, 2.05) is 0 Å². The lowest BCUT2D eigenvalue weighted by molar-refractivity contribution is -0.161. The predicted octanol–water partition coefficient (Wildman–Crippen LogP) is 0.834. The molecule has 9 heteroatoms. The molecule has 1 aliphatic heterocycles. The average Bonchev–Trinajstić information content (AvgIpc) is 2.40. The number of alkyl halides is 3. The maximum atomic E-state index is 12.3. The van der Waals surface area contributed by atoms with Crippen molar-refractivity contribution in [3.05, 3.63) is 18.1 Å². The Morgan fingerprint density at radius 2 is 2.14 bits per heavy atom. The van der Waals surface area contributed by atoms with Crippen molar-refractivity contribution in [3.8, 4) is 0 Å². The van der Waals surface area contributed by atoms with E-state index in [2.05, 4.69) is 9.97 Å². The van der Waals surface area contributed by atoms with Crippen LogP contribution in [0, 0.1) is 0 Å². The molecule has 0 atom stereocenters. The Bertz CT molecular complexity index is 510. The van der Waals surface area contributed by atoms with E-state index < -0.39 is 18.6 Å². The van der Waals surface area contributed by atoms with Crippen molar-refractivity contribution in [1.29, 1.82) is 0 Å². The molecule has 0 radical (unpaired) electrons. The minimum Gasteiger partial charge on any atom is -0.377 e. The summed E-state index contributed by atoms with van der Waals surface area (Å²) in [6.45, 7) is -0.791. The molecule has 0 unspecified atom stereocenters. The van der Waals surface area contributed by atoms with E-state index in [4.69, 9.17) is 4.74 Å². The molecule has 0 saturated carbocycles. The van der Waals surface area contributed by atoms with Crippen LogP contribution in [0.4, 0.5) is 19.0 Å². The zero-order chi connectivity index (χ0) is 15.5. The molecule has 1 aliphatic rings. The first-order valence-electron chi connectivity index (χ1n) is 6.29. The number of hydrogen-bond donors (Lipinski definition) is 0. The molecule has 21 heavy (non-hydrogen) atoms. The molecule has 1 saturated heterocycles. The van der Waals surface area contributed by atoms with E-state index in [-0.39, 0.29) is 19.7 Å². The third-order valence-electron chi connectivity index (χ3n) is 2.98. The Morgan fingerprint density at radius 3 is 2.76 bits per heavy atom. The minimum atomic E-state index is -4.38. The summed E-state index contributed by atoms with van der Waals surface area (Å²) in [5.74, 6) is 0.405. The Kier molecular flexibility index (Phi) is 4.61. The lowest BCUT2D eigenvalue weighted by Crippen LogP contribution is -2.53. The molecular weight excluding hydrogens is 289 g/mol. The summed E-state index contributed by atoms with van der Waals surface area (Å²) in [7, 11) is 1.51. The first-order valence-corrected chi connectivity index (χ1v) is 6.29. The maximum absolute atomic E-state index is 12.3. The highest BCUT2D eigenvalue weighted by Crippen LogP contribution is 2.20. The number of carbonyl (C=O) groups excluding carboxylic acids is 1. The molecule has 0 spiro atoms. The SMILES string of the molecule is COCc1nccc(N2CCN(CC(F)(F)F)C(=O)C2)n1. The summed E-state index contributed by atoms with van der Waals surface area (Å²) in [5.41, 5.74) is 0. The van der Waals surface area contributed by atoms with Crippen LogP contribution < -0.4 is 4.90 Å². The molecule has 1 aromatic heterocycles. The molecule has 0 aliphatic carbocycles. The summed E-state index contributed by atoms with van der Waals surface area (Å²) in [5, 5.41) is 0. The van der Waals surface area contributed by atoms with Gasteiger partial charge in [0.1, 0.15) is 19.0 Å². The van der Waals surface area contributed by atoms with Gasteiger partial charge >= 0.3 is 6.18 Å². The van der Waals surface area contributed by atoms with Gasteiger partial charge in [-0.25, -0.2) is 9.97 Å². The summed E-state index contributed by atoms with van der Waals surface area (Å²) in [4.78, 5) is 22.4. The van der Waals surface area contributed by atoms with Crippen molar-refractivity contribution in [1.82, 2.24) is 14.9 Å². The van der Waals surface area contributed by atoms with Gasteiger partial charge in [0.25, 0.3) is 0 Å². The smallest absolute Gasteiger partial charge is 0.377 e. The van der Waals surface area contributed by atoms with Crippen LogP contribution in [0.15, 0.2) is 12.3 Å². The number of hydrogen-bond acceptors (Lipinski definition) is 5. The van der Waals surface area contributed by atoms with Crippen LogP contribution in [0.1, 0.15) is 5.82 Å². The van der Waals surface area contributed by atoms with Gasteiger partial charge in [0.05, 0.1) is 6.54 Å². The lowest BCUT2D eigenvalue weighted by atomic mass is 10.3. The molecule has 116 valence electrons. The van der Waals surface area contributed by atoms with Crippen molar-refractivity contribution in [2.75, 3.05) is 38.2 Å². The zero-order valence-electron chi connectivity index (χ0n) is 11.4. The van der Waals surface area contributed by atoms with Gasteiger partial charge in [-0.2, -0.15) is 13.2 Å². The Labute approximate surface area is 119 Å². The van der Waals surface area contributed by atoms with E-state index in [0.29, 0.717) is 18.2 Å². The maximum Gasteiger partial charge on any atom is 0.406 e. The first-order chi connectivity index (χ1) is 9.89. The number of methoxy groups -OCH3 is 1. The second kappa shape index (κ2) is 6.25. The van der Waals surface area contributed by atoms with Gasteiger partial charge in [-0.05, 0) is 6.07 Å². The Hall–Kier alpha value is -1.90. The largest absolute Gasteiger partial charge is 0.406 e. The highest BCUT2D eigenvalue weighted by atomic mass is 19.4. The number of nitrogens with zero attached hydrogens (tertiary/aromatic N) is 4. The number of piperazine rings is 1. The molecule has 0 aromatic carbocycles. The second-order valence-electron chi connectivity index (χ2n) is 4.62. The van der Waals surface area contributed by atoms with Crippen LogP contribution in [0.5, 0.6) is 0 Å². The fourth-order valence-corrected chi connectivity index (χ4v) is 2.05. The lowest BCUT2D eigenvalue weighted by Gasteiger charge is -2.35. The highest BCUT2D eigenvalue weighted by Gasteiger charge is 2.35. The zero-order valence-corrected chi connectivity index (χ0v) is 11.4. The second-order valence-corrected chi connectivity index (χ2v) is 4.62. The Morgan fingerprint density at radius 1 is 1.38 bits per heavy atom. The fourth-order valence-electron chi connectivity index (χ4n) is 2.05. The number of aromatic nitrogens is 2. The summed E-state index contributed by atoms with van der Waals surface area (Å²) in [6.07, 6.45) is -2.85. The van der Waals surface area contributed by atoms with Crippen LogP contribution in [0.2, 0.25) is 0 Å².